The fraction of sp³-hybridized carbons (Fsp3) is 0.143. The highest BCUT2D eigenvalue weighted by atomic mass is 32.1. The summed E-state index contributed by atoms with van der Waals surface area (Å²) in [5.41, 5.74) is 9.15. The second-order valence-electron chi connectivity index (χ2n) is 4.27. The molecule has 1 aromatic heterocycles. The molecule has 2 N–H and O–H groups in total. The zero-order chi connectivity index (χ0) is 12.5. The van der Waals surface area contributed by atoms with Crippen LogP contribution in [0, 0.1) is 0 Å². The van der Waals surface area contributed by atoms with Crippen molar-refractivity contribution >= 4 is 28.7 Å². The summed E-state index contributed by atoms with van der Waals surface area (Å²) in [7, 11) is 0. The van der Waals surface area contributed by atoms with E-state index in [9.17, 15) is 0 Å². The molecule has 0 aliphatic carbocycles. The molecule has 3 rings (SSSR count). The lowest BCUT2D eigenvalue weighted by atomic mass is 10.2. The van der Waals surface area contributed by atoms with E-state index in [2.05, 4.69) is 28.1 Å². The Morgan fingerprint density at radius 3 is 2.89 bits per heavy atom. The second kappa shape index (κ2) is 4.38. The van der Waals surface area contributed by atoms with E-state index in [-0.39, 0.29) is 0 Å². The predicted octanol–water partition coefficient (Wildman–Crippen LogP) is 2.41. The molecule has 0 unspecified atom stereocenters. The fourth-order valence-corrected chi connectivity index (χ4v) is 2.52. The average molecular weight is 255 g/mol. The molecule has 1 aromatic carbocycles. The number of rotatable bonds is 2. The third-order valence-electron chi connectivity index (χ3n) is 3.19. The van der Waals surface area contributed by atoms with Crippen LogP contribution in [-0.4, -0.2) is 16.5 Å². The van der Waals surface area contributed by atoms with Gasteiger partial charge in [-0.15, -0.1) is 0 Å². The lowest BCUT2D eigenvalue weighted by Gasteiger charge is -2.20. The molecule has 0 bridgehead atoms. The van der Waals surface area contributed by atoms with Crippen molar-refractivity contribution in [1.82, 2.24) is 4.98 Å². The standard InChI is InChI=1S/C14H13N3S/c15-13(18)11-5-3-8-16-14(11)17-9-7-10-4-1-2-6-12(10)17/h1-6,8H,7,9H2,(H2,15,18). The van der Waals surface area contributed by atoms with Gasteiger partial charge in [0.05, 0.1) is 5.56 Å². The molecule has 0 saturated carbocycles. The zero-order valence-electron chi connectivity index (χ0n) is 9.84. The number of anilines is 2. The molecule has 4 heteroatoms. The number of pyridine rings is 1. The number of aromatic nitrogens is 1. The van der Waals surface area contributed by atoms with E-state index in [1.807, 2.05) is 18.2 Å². The summed E-state index contributed by atoms with van der Waals surface area (Å²) >= 11 is 5.09. The Balaban J connectivity index is 2.10. The van der Waals surface area contributed by atoms with Gasteiger partial charge in [-0.3, -0.25) is 0 Å². The van der Waals surface area contributed by atoms with Crippen LogP contribution in [0.1, 0.15) is 11.1 Å². The first-order chi connectivity index (χ1) is 8.77. The molecule has 1 aliphatic heterocycles. The van der Waals surface area contributed by atoms with Crippen molar-refractivity contribution in [3.63, 3.8) is 0 Å². The SMILES string of the molecule is NC(=S)c1cccnc1N1CCc2ccccc21. The van der Waals surface area contributed by atoms with Gasteiger partial charge in [-0.05, 0) is 30.2 Å². The Hall–Kier alpha value is -1.94. The number of nitrogens with zero attached hydrogens (tertiary/aromatic N) is 2. The van der Waals surface area contributed by atoms with Gasteiger partial charge in [0.15, 0.2) is 0 Å². The van der Waals surface area contributed by atoms with E-state index >= 15 is 0 Å². The van der Waals surface area contributed by atoms with E-state index in [0.29, 0.717) is 4.99 Å². The van der Waals surface area contributed by atoms with E-state index in [0.717, 1.165) is 24.3 Å². The molecule has 0 atom stereocenters. The van der Waals surface area contributed by atoms with Crippen molar-refractivity contribution < 1.29 is 0 Å². The normalized spacial score (nSPS) is 13.4. The molecule has 2 aromatic rings. The Bertz CT molecular complexity index is 609. The third kappa shape index (κ3) is 1.75. The number of nitrogens with two attached hydrogens (primary N) is 1. The quantitative estimate of drug-likeness (QED) is 0.837. The summed E-state index contributed by atoms with van der Waals surface area (Å²) in [6, 6.07) is 12.2. The number of hydrogen-bond donors (Lipinski definition) is 1. The molecule has 2 heterocycles. The monoisotopic (exact) mass is 255 g/mol. The lowest BCUT2D eigenvalue weighted by molar-refractivity contribution is 0.972. The molecule has 3 nitrogen and oxygen atoms in total. The summed E-state index contributed by atoms with van der Waals surface area (Å²) < 4.78 is 0. The molecular weight excluding hydrogens is 242 g/mol. The summed E-state index contributed by atoms with van der Waals surface area (Å²) in [6.45, 7) is 0.923. The van der Waals surface area contributed by atoms with Crippen LogP contribution >= 0.6 is 12.2 Å². The van der Waals surface area contributed by atoms with Gasteiger partial charge in [-0.25, -0.2) is 4.98 Å². The van der Waals surface area contributed by atoms with Crippen molar-refractivity contribution in [2.45, 2.75) is 6.42 Å². The highest BCUT2D eigenvalue weighted by Gasteiger charge is 2.23. The van der Waals surface area contributed by atoms with Crippen molar-refractivity contribution in [1.29, 1.82) is 0 Å². The molecule has 0 saturated heterocycles. The van der Waals surface area contributed by atoms with Gasteiger partial charge in [0, 0.05) is 18.4 Å². The zero-order valence-corrected chi connectivity index (χ0v) is 10.7. The van der Waals surface area contributed by atoms with Crippen LogP contribution in [-0.2, 0) is 6.42 Å². The number of thiocarbonyl (C=S) groups is 1. The van der Waals surface area contributed by atoms with E-state index in [1.165, 1.54) is 11.3 Å². The van der Waals surface area contributed by atoms with Gasteiger partial charge in [0.25, 0.3) is 0 Å². The smallest absolute Gasteiger partial charge is 0.143 e. The minimum absolute atomic E-state index is 0.391. The molecular formula is C14H13N3S. The van der Waals surface area contributed by atoms with E-state index < -0.39 is 0 Å². The first kappa shape index (κ1) is 11.2. The summed E-state index contributed by atoms with van der Waals surface area (Å²) in [4.78, 5) is 7.01. The maximum absolute atomic E-state index is 5.77. The summed E-state index contributed by atoms with van der Waals surface area (Å²) in [5, 5.41) is 0. The molecule has 18 heavy (non-hydrogen) atoms. The number of hydrogen-bond acceptors (Lipinski definition) is 3. The Morgan fingerprint density at radius 1 is 1.22 bits per heavy atom. The Morgan fingerprint density at radius 2 is 2.06 bits per heavy atom. The maximum atomic E-state index is 5.77. The largest absolute Gasteiger partial charge is 0.389 e. The highest BCUT2D eigenvalue weighted by molar-refractivity contribution is 7.80. The van der Waals surface area contributed by atoms with Gasteiger partial charge in [-0.2, -0.15) is 0 Å². The predicted molar refractivity (Wildman–Crippen MR) is 77.3 cm³/mol. The summed E-state index contributed by atoms with van der Waals surface area (Å²) in [5.74, 6) is 0.856. The van der Waals surface area contributed by atoms with E-state index in [4.69, 9.17) is 18.0 Å². The topological polar surface area (TPSA) is 42.1 Å². The number of para-hydroxylation sites is 1. The van der Waals surface area contributed by atoms with Crippen LogP contribution < -0.4 is 10.6 Å². The molecule has 1 aliphatic rings. The minimum Gasteiger partial charge on any atom is -0.389 e. The van der Waals surface area contributed by atoms with Crippen molar-refractivity contribution in [3.05, 3.63) is 53.7 Å². The molecule has 0 spiro atoms. The second-order valence-corrected chi connectivity index (χ2v) is 4.71. The number of fused-ring (bicyclic) bond motifs is 1. The average Bonchev–Trinajstić information content (AvgIpc) is 2.82. The molecule has 0 amide bonds. The van der Waals surface area contributed by atoms with Crippen LogP contribution in [0.5, 0.6) is 0 Å². The van der Waals surface area contributed by atoms with Gasteiger partial charge < -0.3 is 10.6 Å². The minimum atomic E-state index is 0.391. The van der Waals surface area contributed by atoms with Crippen LogP contribution in [0.4, 0.5) is 11.5 Å². The van der Waals surface area contributed by atoms with Crippen molar-refractivity contribution in [2.75, 3.05) is 11.4 Å². The Labute approximate surface area is 111 Å². The fourth-order valence-electron chi connectivity index (χ4n) is 2.36. The van der Waals surface area contributed by atoms with Crippen LogP contribution in [0.15, 0.2) is 42.6 Å². The van der Waals surface area contributed by atoms with Gasteiger partial charge >= 0.3 is 0 Å². The van der Waals surface area contributed by atoms with Crippen molar-refractivity contribution in [2.24, 2.45) is 5.73 Å². The number of benzene rings is 1. The van der Waals surface area contributed by atoms with Gasteiger partial charge in [-0.1, -0.05) is 30.4 Å². The van der Waals surface area contributed by atoms with Crippen LogP contribution in [0.3, 0.4) is 0 Å². The molecule has 0 radical (unpaired) electrons. The first-order valence-electron chi connectivity index (χ1n) is 5.87. The molecule has 0 fully saturated rings. The highest BCUT2D eigenvalue weighted by Crippen LogP contribution is 2.34. The van der Waals surface area contributed by atoms with Gasteiger partial charge in [0.2, 0.25) is 0 Å². The van der Waals surface area contributed by atoms with Crippen molar-refractivity contribution in [3.8, 4) is 0 Å². The third-order valence-corrected chi connectivity index (χ3v) is 3.41. The van der Waals surface area contributed by atoms with E-state index in [1.54, 1.807) is 6.20 Å². The van der Waals surface area contributed by atoms with Crippen LogP contribution in [0.25, 0.3) is 0 Å². The lowest BCUT2D eigenvalue weighted by Crippen LogP contribution is -2.20. The maximum Gasteiger partial charge on any atom is 0.143 e. The van der Waals surface area contributed by atoms with Crippen LogP contribution in [0.2, 0.25) is 0 Å². The first-order valence-corrected chi connectivity index (χ1v) is 6.28. The Kier molecular flexibility index (Phi) is 2.72. The molecule has 90 valence electrons. The van der Waals surface area contributed by atoms with Gasteiger partial charge in [0.1, 0.15) is 10.8 Å². The summed E-state index contributed by atoms with van der Waals surface area (Å²) in [6.07, 6.45) is 2.81.